The first-order chi connectivity index (χ1) is 13.9. The lowest BCUT2D eigenvalue weighted by Crippen LogP contribution is -2.42. The number of hydrazine groups is 1. The summed E-state index contributed by atoms with van der Waals surface area (Å²) in [6, 6.07) is 5.22. The van der Waals surface area contributed by atoms with Crippen molar-refractivity contribution in [3.8, 4) is 6.07 Å². The van der Waals surface area contributed by atoms with Gasteiger partial charge in [0.25, 0.3) is 5.91 Å². The average molecular weight is 397 g/mol. The van der Waals surface area contributed by atoms with Crippen molar-refractivity contribution in [1.82, 2.24) is 24.7 Å². The molecule has 29 heavy (non-hydrogen) atoms. The van der Waals surface area contributed by atoms with E-state index < -0.39 is 5.82 Å². The minimum Gasteiger partial charge on any atom is -0.320 e. The molecule has 0 radical (unpaired) electrons. The molecule has 2 aliphatic heterocycles. The first-order valence-corrected chi connectivity index (χ1v) is 9.22. The summed E-state index contributed by atoms with van der Waals surface area (Å²) in [4.78, 5) is 27.2. The highest BCUT2D eigenvalue weighted by Gasteiger charge is 2.33. The summed E-state index contributed by atoms with van der Waals surface area (Å²) >= 11 is 0. The fraction of sp³-hybridized carbons (Fsp3) is 0.368. The van der Waals surface area contributed by atoms with E-state index in [1.807, 2.05) is 12.1 Å². The van der Waals surface area contributed by atoms with E-state index in [1.54, 1.807) is 27.7 Å². The van der Waals surface area contributed by atoms with Gasteiger partial charge >= 0.3 is 6.03 Å². The maximum Gasteiger partial charge on any atom is 0.322 e. The zero-order valence-electron chi connectivity index (χ0n) is 16.1. The number of nitriles is 1. The summed E-state index contributed by atoms with van der Waals surface area (Å²) < 4.78 is 15.2. The van der Waals surface area contributed by atoms with Crippen LogP contribution in [0.5, 0.6) is 0 Å². The van der Waals surface area contributed by atoms with E-state index in [1.165, 1.54) is 12.1 Å². The second kappa shape index (κ2) is 7.18. The van der Waals surface area contributed by atoms with Crippen molar-refractivity contribution < 1.29 is 14.0 Å². The molecule has 0 bridgehead atoms. The second-order valence-corrected chi connectivity index (χ2v) is 7.12. The highest BCUT2D eigenvalue weighted by molar-refractivity contribution is 5.95. The molecule has 0 saturated carbocycles. The third-order valence-electron chi connectivity index (χ3n) is 5.37. The van der Waals surface area contributed by atoms with Crippen LogP contribution >= 0.6 is 0 Å². The van der Waals surface area contributed by atoms with Gasteiger partial charge in [-0.25, -0.2) is 14.2 Å². The van der Waals surface area contributed by atoms with Crippen molar-refractivity contribution in [2.45, 2.75) is 19.5 Å². The van der Waals surface area contributed by atoms with Crippen LogP contribution in [-0.4, -0.2) is 63.8 Å². The zero-order valence-corrected chi connectivity index (χ0v) is 16.1. The lowest BCUT2D eigenvalue weighted by Gasteiger charge is -2.28. The van der Waals surface area contributed by atoms with E-state index in [0.717, 1.165) is 17.3 Å². The standard InChI is InChI=1S/C19H20FN7O2/c1-24-7-8-27-17(18(28)25(24)2)14-11-26(6-5-16(14)23-27)19(29)22-13-3-4-15(20)12(9-13)10-21/h3-4,9H,5-8,11H2,1-2H3,(H,22,29). The van der Waals surface area contributed by atoms with Gasteiger partial charge in [-0.3, -0.25) is 14.5 Å². The first-order valence-electron chi connectivity index (χ1n) is 9.22. The molecule has 0 spiro atoms. The molecule has 3 heterocycles. The molecule has 1 N–H and O–H groups in total. The highest BCUT2D eigenvalue weighted by atomic mass is 19.1. The van der Waals surface area contributed by atoms with Gasteiger partial charge in [0, 0.05) is 44.9 Å². The Labute approximate surface area is 166 Å². The molecule has 1 aromatic carbocycles. The van der Waals surface area contributed by atoms with Gasteiger partial charge in [-0.15, -0.1) is 0 Å². The summed E-state index contributed by atoms with van der Waals surface area (Å²) in [7, 11) is 3.56. The molecule has 4 rings (SSSR count). The van der Waals surface area contributed by atoms with Crippen molar-refractivity contribution >= 4 is 17.6 Å². The summed E-state index contributed by atoms with van der Waals surface area (Å²) in [6.45, 7) is 1.96. The summed E-state index contributed by atoms with van der Waals surface area (Å²) in [5.74, 6) is -0.790. The number of carbonyl (C=O) groups is 2. The molecular weight excluding hydrogens is 377 g/mol. The largest absolute Gasteiger partial charge is 0.322 e. The summed E-state index contributed by atoms with van der Waals surface area (Å²) in [5.41, 5.74) is 2.31. The van der Waals surface area contributed by atoms with Crippen LogP contribution in [0, 0.1) is 17.1 Å². The number of anilines is 1. The fourth-order valence-electron chi connectivity index (χ4n) is 3.59. The Morgan fingerprint density at radius 3 is 2.83 bits per heavy atom. The lowest BCUT2D eigenvalue weighted by atomic mass is 10.1. The third-order valence-corrected chi connectivity index (χ3v) is 5.37. The monoisotopic (exact) mass is 397 g/mol. The van der Waals surface area contributed by atoms with Gasteiger partial charge in [-0.2, -0.15) is 10.4 Å². The summed E-state index contributed by atoms with van der Waals surface area (Å²) in [6.07, 6.45) is 0.544. The predicted molar refractivity (Wildman–Crippen MR) is 101 cm³/mol. The molecule has 1 aromatic heterocycles. The molecular formula is C19H20FN7O2. The number of hydrogen-bond acceptors (Lipinski definition) is 5. The van der Waals surface area contributed by atoms with E-state index in [4.69, 9.17) is 5.26 Å². The van der Waals surface area contributed by atoms with E-state index in [9.17, 15) is 14.0 Å². The number of nitrogens with zero attached hydrogens (tertiary/aromatic N) is 6. The highest BCUT2D eigenvalue weighted by Crippen LogP contribution is 2.26. The Morgan fingerprint density at radius 1 is 1.28 bits per heavy atom. The van der Waals surface area contributed by atoms with E-state index in [0.29, 0.717) is 37.4 Å². The van der Waals surface area contributed by atoms with Crippen molar-refractivity contribution in [3.05, 3.63) is 46.5 Å². The number of nitrogens with one attached hydrogen (secondary N) is 1. The molecule has 9 nitrogen and oxygen atoms in total. The van der Waals surface area contributed by atoms with Gasteiger partial charge in [-0.05, 0) is 18.2 Å². The number of urea groups is 1. The Morgan fingerprint density at radius 2 is 2.07 bits per heavy atom. The molecule has 150 valence electrons. The quantitative estimate of drug-likeness (QED) is 0.785. The van der Waals surface area contributed by atoms with Gasteiger partial charge in [0.2, 0.25) is 0 Å². The molecule has 0 unspecified atom stereocenters. The minimum atomic E-state index is -0.636. The van der Waals surface area contributed by atoms with Crippen molar-refractivity contribution in [1.29, 1.82) is 5.26 Å². The predicted octanol–water partition coefficient (Wildman–Crippen LogP) is 1.42. The number of likely N-dealkylation sites (N-methyl/N-ethyl adjacent to an activating group) is 1. The van der Waals surface area contributed by atoms with Crippen molar-refractivity contribution in [2.24, 2.45) is 0 Å². The van der Waals surface area contributed by atoms with Crippen LogP contribution in [0.15, 0.2) is 18.2 Å². The summed E-state index contributed by atoms with van der Waals surface area (Å²) in [5, 5.41) is 19.6. The van der Waals surface area contributed by atoms with Crippen LogP contribution in [0.2, 0.25) is 0 Å². The number of carbonyl (C=O) groups excluding carboxylic acids is 2. The molecule has 0 fully saturated rings. The third kappa shape index (κ3) is 3.30. The molecule has 0 saturated heterocycles. The number of rotatable bonds is 1. The van der Waals surface area contributed by atoms with Gasteiger partial charge in [-0.1, -0.05) is 0 Å². The van der Waals surface area contributed by atoms with E-state index in [2.05, 4.69) is 10.4 Å². The number of aromatic nitrogens is 2. The molecule has 2 aromatic rings. The lowest BCUT2D eigenvalue weighted by molar-refractivity contribution is 0.0240. The second-order valence-electron chi connectivity index (χ2n) is 7.12. The maximum atomic E-state index is 13.5. The number of fused-ring (bicyclic) bond motifs is 3. The molecule has 2 aliphatic rings. The smallest absolute Gasteiger partial charge is 0.320 e. The molecule has 3 amide bonds. The maximum absolute atomic E-state index is 13.5. The SMILES string of the molecule is CN1CCn2nc3c(c2C(=O)N1C)CN(C(=O)Nc1ccc(F)c(C#N)c1)CC3. The minimum absolute atomic E-state index is 0.136. The topological polar surface area (TPSA) is 97.5 Å². The number of amides is 3. The Balaban J connectivity index is 1.56. The molecule has 0 aliphatic carbocycles. The van der Waals surface area contributed by atoms with Gasteiger partial charge in [0.05, 0.1) is 24.3 Å². The fourth-order valence-corrected chi connectivity index (χ4v) is 3.59. The van der Waals surface area contributed by atoms with Crippen LogP contribution in [-0.2, 0) is 19.5 Å². The average Bonchev–Trinajstić information content (AvgIpc) is 3.05. The molecule has 0 atom stereocenters. The van der Waals surface area contributed by atoms with E-state index >= 15 is 0 Å². The number of benzene rings is 1. The van der Waals surface area contributed by atoms with Crippen LogP contribution in [0.3, 0.4) is 0 Å². The van der Waals surface area contributed by atoms with Crippen LogP contribution in [0.1, 0.15) is 27.3 Å². The van der Waals surface area contributed by atoms with Gasteiger partial charge < -0.3 is 10.2 Å². The number of hydrogen-bond donors (Lipinski definition) is 1. The van der Waals surface area contributed by atoms with Crippen LogP contribution in [0.25, 0.3) is 0 Å². The van der Waals surface area contributed by atoms with Crippen LogP contribution in [0.4, 0.5) is 14.9 Å². The van der Waals surface area contributed by atoms with Crippen molar-refractivity contribution in [2.75, 3.05) is 32.5 Å². The van der Waals surface area contributed by atoms with Gasteiger partial charge in [0.1, 0.15) is 17.6 Å². The Kier molecular flexibility index (Phi) is 4.68. The van der Waals surface area contributed by atoms with Gasteiger partial charge in [0.15, 0.2) is 0 Å². The van der Waals surface area contributed by atoms with Crippen LogP contribution < -0.4 is 5.32 Å². The van der Waals surface area contributed by atoms with E-state index in [-0.39, 0.29) is 24.0 Å². The normalized spacial score (nSPS) is 16.7. The zero-order chi connectivity index (χ0) is 20.7. The van der Waals surface area contributed by atoms with Crippen molar-refractivity contribution in [3.63, 3.8) is 0 Å². The Bertz CT molecular complexity index is 1040. The Hall–Kier alpha value is -3.45. The molecule has 10 heteroatoms. The first kappa shape index (κ1) is 18.9. The number of halogens is 1.